The maximum absolute atomic E-state index is 13.5. The number of aromatic nitrogens is 2. The zero-order valence-corrected chi connectivity index (χ0v) is 8.60. The van der Waals surface area contributed by atoms with Gasteiger partial charge in [0, 0.05) is 0 Å². The Kier molecular flexibility index (Phi) is 3.26. The number of fused-ring (bicyclic) bond motifs is 1. The molecule has 0 saturated carbocycles. The Hall–Kier alpha value is -1.62. The highest BCUT2D eigenvalue weighted by atomic mass is 35.5. The summed E-state index contributed by atoms with van der Waals surface area (Å²) in [6, 6.07) is 2.87. The van der Waals surface area contributed by atoms with Crippen molar-refractivity contribution < 1.29 is 9.13 Å². The molecule has 0 spiro atoms. The number of ether oxygens (including phenoxy) is 1. The molecule has 0 fully saturated rings. The zero-order valence-electron chi connectivity index (χ0n) is 7.78. The molecule has 0 aliphatic carbocycles. The Labute approximate surface area is 90.5 Å². The minimum Gasteiger partial charge on any atom is -0.494 e. The van der Waals surface area contributed by atoms with Crippen LogP contribution < -0.4 is 10.3 Å². The molecular weight excluding hydrogens is 223 g/mol. The van der Waals surface area contributed by atoms with Crippen LogP contribution >= 0.6 is 12.4 Å². The van der Waals surface area contributed by atoms with Crippen LogP contribution in [-0.2, 0) is 0 Å². The number of aromatic amines is 1. The van der Waals surface area contributed by atoms with Crippen LogP contribution in [0.25, 0.3) is 10.9 Å². The second kappa shape index (κ2) is 4.27. The van der Waals surface area contributed by atoms with E-state index in [0.29, 0.717) is 0 Å². The van der Waals surface area contributed by atoms with Crippen LogP contribution in [0, 0.1) is 5.82 Å². The Morgan fingerprint density at radius 2 is 2.20 bits per heavy atom. The Balaban J connectivity index is 0.00000112. The van der Waals surface area contributed by atoms with Crippen LogP contribution in [-0.4, -0.2) is 17.1 Å². The Bertz CT molecular complexity index is 541. The van der Waals surface area contributed by atoms with Gasteiger partial charge in [0.1, 0.15) is 5.52 Å². The lowest BCUT2D eigenvalue weighted by molar-refractivity contribution is 0.388. The predicted molar refractivity (Wildman–Crippen MR) is 56.1 cm³/mol. The van der Waals surface area contributed by atoms with Crippen molar-refractivity contribution in [3.63, 3.8) is 0 Å². The second-order valence-corrected chi connectivity index (χ2v) is 2.71. The monoisotopic (exact) mass is 230 g/mol. The molecule has 0 aliphatic heterocycles. The van der Waals surface area contributed by atoms with Gasteiger partial charge in [-0.2, -0.15) is 0 Å². The molecule has 1 aromatic heterocycles. The number of nitrogens with zero attached hydrogens (tertiary/aromatic N) is 1. The van der Waals surface area contributed by atoms with Gasteiger partial charge in [0.25, 0.3) is 5.56 Å². The molecular formula is C9H8ClFN2O2. The highest BCUT2D eigenvalue weighted by Crippen LogP contribution is 2.21. The predicted octanol–water partition coefficient (Wildman–Crippen LogP) is 1.49. The molecule has 0 unspecified atom stereocenters. The van der Waals surface area contributed by atoms with E-state index in [2.05, 4.69) is 9.97 Å². The summed E-state index contributed by atoms with van der Waals surface area (Å²) in [5.74, 6) is -0.535. The van der Waals surface area contributed by atoms with Crippen LogP contribution in [0.4, 0.5) is 4.39 Å². The van der Waals surface area contributed by atoms with Crippen LogP contribution in [0.5, 0.6) is 5.75 Å². The van der Waals surface area contributed by atoms with Crippen molar-refractivity contribution in [2.45, 2.75) is 0 Å². The normalized spacial score (nSPS) is 9.73. The van der Waals surface area contributed by atoms with Crippen molar-refractivity contribution in [1.29, 1.82) is 0 Å². The van der Waals surface area contributed by atoms with Gasteiger partial charge in [0.05, 0.1) is 18.8 Å². The first kappa shape index (κ1) is 11.5. The van der Waals surface area contributed by atoms with Gasteiger partial charge in [-0.15, -0.1) is 12.4 Å². The third-order valence-electron chi connectivity index (χ3n) is 1.93. The fraction of sp³-hybridized carbons (Fsp3) is 0.111. The van der Waals surface area contributed by atoms with Gasteiger partial charge in [-0.05, 0) is 12.1 Å². The molecule has 15 heavy (non-hydrogen) atoms. The van der Waals surface area contributed by atoms with Gasteiger partial charge in [0.15, 0.2) is 11.6 Å². The number of benzene rings is 1. The lowest BCUT2D eigenvalue weighted by Crippen LogP contribution is -2.07. The summed E-state index contributed by atoms with van der Waals surface area (Å²) >= 11 is 0. The van der Waals surface area contributed by atoms with E-state index in [0.717, 1.165) is 6.33 Å². The largest absolute Gasteiger partial charge is 0.494 e. The van der Waals surface area contributed by atoms with E-state index in [1.807, 2.05) is 0 Å². The minimum atomic E-state index is -0.615. The lowest BCUT2D eigenvalue weighted by atomic mass is 10.2. The summed E-state index contributed by atoms with van der Waals surface area (Å²) < 4.78 is 18.3. The van der Waals surface area contributed by atoms with Crippen LogP contribution in [0.15, 0.2) is 23.3 Å². The topological polar surface area (TPSA) is 55.0 Å². The van der Waals surface area contributed by atoms with Gasteiger partial charge in [-0.25, -0.2) is 9.37 Å². The number of halogens is 2. The molecule has 0 radical (unpaired) electrons. The first-order valence-electron chi connectivity index (χ1n) is 3.94. The quantitative estimate of drug-likeness (QED) is 0.808. The Morgan fingerprint density at radius 3 is 2.87 bits per heavy atom. The molecule has 4 nitrogen and oxygen atoms in total. The van der Waals surface area contributed by atoms with E-state index < -0.39 is 5.82 Å². The number of hydrogen-bond acceptors (Lipinski definition) is 3. The molecule has 0 aliphatic rings. The summed E-state index contributed by atoms with van der Waals surface area (Å²) in [6.45, 7) is 0. The number of nitrogens with one attached hydrogen (secondary N) is 1. The Morgan fingerprint density at radius 1 is 1.47 bits per heavy atom. The smallest absolute Gasteiger partial charge is 0.258 e. The summed E-state index contributed by atoms with van der Waals surface area (Å²) in [4.78, 5) is 17.3. The first-order valence-corrected chi connectivity index (χ1v) is 3.94. The highest BCUT2D eigenvalue weighted by molar-refractivity contribution is 5.85. The molecule has 1 N–H and O–H groups in total. The number of hydrogen-bond donors (Lipinski definition) is 1. The van der Waals surface area contributed by atoms with Crippen LogP contribution in [0.3, 0.4) is 0 Å². The molecule has 80 valence electrons. The van der Waals surface area contributed by atoms with E-state index >= 15 is 0 Å². The minimum absolute atomic E-state index is 0. The molecule has 0 amide bonds. The third kappa shape index (κ3) is 1.78. The van der Waals surface area contributed by atoms with Gasteiger partial charge >= 0.3 is 0 Å². The molecule has 0 saturated heterocycles. The molecule has 1 heterocycles. The van der Waals surface area contributed by atoms with Gasteiger partial charge in [-0.3, -0.25) is 4.79 Å². The molecule has 1 aromatic carbocycles. The number of methoxy groups -OCH3 is 1. The maximum atomic E-state index is 13.5. The van der Waals surface area contributed by atoms with E-state index in [9.17, 15) is 9.18 Å². The van der Waals surface area contributed by atoms with Gasteiger partial charge < -0.3 is 9.72 Å². The standard InChI is InChI=1S/C9H7FN2O2.ClH/c1-14-6-3-2-5-8(7(6)10)11-4-12-9(5)13;/h2-4H,1H3,(H,11,12,13);1H. The second-order valence-electron chi connectivity index (χ2n) is 2.71. The van der Waals surface area contributed by atoms with Crippen LogP contribution in [0.1, 0.15) is 0 Å². The lowest BCUT2D eigenvalue weighted by Gasteiger charge is -2.02. The van der Waals surface area contributed by atoms with Crippen LogP contribution in [0.2, 0.25) is 0 Å². The maximum Gasteiger partial charge on any atom is 0.258 e. The van der Waals surface area contributed by atoms with E-state index in [4.69, 9.17) is 4.74 Å². The van der Waals surface area contributed by atoms with Gasteiger partial charge in [0.2, 0.25) is 0 Å². The van der Waals surface area contributed by atoms with Gasteiger partial charge in [-0.1, -0.05) is 0 Å². The first-order chi connectivity index (χ1) is 6.74. The SMILES string of the molecule is COc1ccc2c(=O)[nH]cnc2c1F.Cl. The molecule has 0 atom stereocenters. The summed E-state index contributed by atoms with van der Waals surface area (Å²) in [7, 11) is 1.36. The van der Waals surface area contributed by atoms with E-state index in [1.165, 1.54) is 19.2 Å². The molecule has 2 aromatic rings. The molecule has 2 rings (SSSR count). The average Bonchev–Trinajstić information content (AvgIpc) is 2.20. The van der Waals surface area contributed by atoms with Crippen molar-refractivity contribution in [2.24, 2.45) is 0 Å². The summed E-state index contributed by atoms with van der Waals surface area (Å²) in [6.07, 6.45) is 1.16. The third-order valence-corrected chi connectivity index (χ3v) is 1.93. The zero-order chi connectivity index (χ0) is 10.1. The highest BCUT2D eigenvalue weighted by Gasteiger charge is 2.10. The average molecular weight is 231 g/mol. The summed E-state index contributed by atoms with van der Waals surface area (Å²) in [5.41, 5.74) is -0.343. The van der Waals surface area contributed by atoms with E-state index in [1.54, 1.807) is 0 Å². The fourth-order valence-electron chi connectivity index (χ4n) is 1.25. The number of rotatable bonds is 1. The molecule has 6 heteroatoms. The van der Waals surface area contributed by atoms with Crippen molar-refractivity contribution in [3.05, 3.63) is 34.6 Å². The molecule has 0 bridgehead atoms. The van der Waals surface area contributed by atoms with Crippen molar-refractivity contribution in [2.75, 3.05) is 7.11 Å². The van der Waals surface area contributed by atoms with E-state index in [-0.39, 0.29) is 34.6 Å². The van der Waals surface area contributed by atoms with Crippen molar-refractivity contribution in [3.8, 4) is 5.75 Å². The van der Waals surface area contributed by atoms with Crippen molar-refractivity contribution in [1.82, 2.24) is 9.97 Å². The van der Waals surface area contributed by atoms with Crippen molar-refractivity contribution >= 4 is 23.3 Å². The fourth-order valence-corrected chi connectivity index (χ4v) is 1.25. The summed E-state index contributed by atoms with van der Waals surface area (Å²) in [5, 5.41) is 0.214. The number of H-pyrrole nitrogens is 1.